The summed E-state index contributed by atoms with van der Waals surface area (Å²) in [7, 11) is 3.73. The standard InChI is InChI=1S/C40H42Cl2N6O3/c1-25(49)48-23-40(24-48)21-47(22-40)20-27-8-7-26(17-35(27)50-3)38-37(42)32(11-14-43-38)31-5-4-6-33(36(31)41)34-10-9-30-28(19-46(2)39(30)45-34)18-44-29-12-15-51-16-13-29/h4-11,14,17,19,29,44H,12-13,15-16,18,20-24H2,1-3H3. The molecule has 0 unspecified atom stereocenters. The van der Waals surface area contributed by atoms with Crippen LogP contribution in [0.5, 0.6) is 5.75 Å². The minimum Gasteiger partial charge on any atom is -0.496 e. The fourth-order valence-electron chi connectivity index (χ4n) is 8.03. The van der Waals surface area contributed by atoms with Crippen LogP contribution in [0.1, 0.15) is 30.9 Å². The highest BCUT2D eigenvalue weighted by molar-refractivity contribution is 6.39. The van der Waals surface area contributed by atoms with Gasteiger partial charge in [-0.05, 0) is 42.7 Å². The molecule has 51 heavy (non-hydrogen) atoms. The third kappa shape index (κ3) is 6.51. The van der Waals surface area contributed by atoms with Crippen LogP contribution in [-0.4, -0.2) is 82.8 Å². The number of rotatable bonds is 9. The summed E-state index contributed by atoms with van der Waals surface area (Å²) in [5.74, 6) is 0.952. The van der Waals surface area contributed by atoms with Crippen molar-refractivity contribution in [2.24, 2.45) is 12.5 Å². The molecule has 0 atom stereocenters. The largest absolute Gasteiger partial charge is 0.496 e. The summed E-state index contributed by atoms with van der Waals surface area (Å²) in [6, 6.07) is 18.7. The van der Waals surface area contributed by atoms with Crippen LogP contribution in [0.3, 0.4) is 0 Å². The fraction of sp³-hybridized carbons (Fsp3) is 0.375. The summed E-state index contributed by atoms with van der Waals surface area (Å²) in [6.45, 7) is 8.54. The van der Waals surface area contributed by atoms with Gasteiger partial charge in [-0.15, -0.1) is 0 Å². The fourth-order valence-corrected chi connectivity index (χ4v) is 8.68. The molecule has 1 spiro atoms. The smallest absolute Gasteiger partial charge is 0.219 e. The quantitative estimate of drug-likeness (QED) is 0.172. The van der Waals surface area contributed by atoms with E-state index >= 15 is 0 Å². The third-order valence-corrected chi connectivity index (χ3v) is 11.5. The number of hydrogen-bond acceptors (Lipinski definition) is 7. The molecule has 0 bridgehead atoms. The van der Waals surface area contributed by atoms with Crippen LogP contribution in [0.25, 0.3) is 44.7 Å². The van der Waals surface area contributed by atoms with Crippen molar-refractivity contribution in [2.75, 3.05) is 46.5 Å². The van der Waals surface area contributed by atoms with E-state index in [-0.39, 0.29) is 11.3 Å². The highest BCUT2D eigenvalue weighted by Crippen LogP contribution is 2.44. The first-order chi connectivity index (χ1) is 24.7. The van der Waals surface area contributed by atoms with Gasteiger partial charge in [0.1, 0.15) is 11.4 Å². The van der Waals surface area contributed by atoms with Crippen molar-refractivity contribution in [1.82, 2.24) is 29.7 Å². The monoisotopic (exact) mass is 724 g/mol. The van der Waals surface area contributed by atoms with Gasteiger partial charge in [0.05, 0.1) is 28.5 Å². The van der Waals surface area contributed by atoms with Crippen molar-refractivity contribution in [3.05, 3.63) is 88.2 Å². The Morgan fingerprint density at radius 2 is 1.75 bits per heavy atom. The number of nitrogens with zero attached hydrogens (tertiary/aromatic N) is 5. The number of pyridine rings is 2. The van der Waals surface area contributed by atoms with Crippen LogP contribution in [-0.2, 0) is 29.7 Å². The Hall–Kier alpha value is -3.99. The van der Waals surface area contributed by atoms with E-state index in [1.165, 1.54) is 5.56 Å². The van der Waals surface area contributed by atoms with Gasteiger partial charge < -0.3 is 24.3 Å². The second-order valence-corrected chi connectivity index (χ2v) is 15.1. The first kappa shape index (κ1) is 34.1. The Bertz CT molecular complexity index is 2110. The molecule has 1 N–H and O–H groups in total. The predicted octanol–water partition coefficient (Wildman–Crippen LogP) is 7.22. The number of carbonyl (C=O) groups excluding carboxylic acids is 1. The topological polar surface area (TPSA) is 84.8 Å². The molecule has 5 aromatic rings. The van der Waals surface area contributed by atoms with Gasteiger partial charge in [0.2, 0.25) is 5.91 Å². The van der Waals surface area contributed by atoms with Crippen molar-refractivity contribution in [2.45, 2.75) is 38.9 Å². The van der Waals surface area contributed by atoms with Gasteiger partial charge in [0.15, 0.2) is 0 Å². The number of fused-ring (bicyclic) bond motifs is 1. The molecule has 0 aliphatic carbocycles. The van der Waals surface area contributed by atoms with Crippen molar-refractivity contribution < 1.29 is 14.3 Å². The average molecular weight is 726 g/mol. The average Bonchev–Trinajstić information content (AvgIpc) is 3.42. The molecule has 3 saturated heterocycles. The van der Waals surface area contributed by atoms with Crippen molar-refractivity contribution >= 4 is 40.1 Å². The minimum atomic E-state index is 0.160. The molecule has 3 fully saturated rings. The van der Waals surface area contributed by atoms with Gasteiger partial charge in [-0.2, -0.15) is 0 Å². The van der Waals surface area contributed by atoms with Crippen LogP contribution < -0.4 is 10.1 Å². The lowest BCUT2D eigenvalue weighted by molar-refractivity contribution is -0.157. The molecule has 2 aromatic carbocycles. The number of halogens is 2. The number of ether oxygens (including phenoxy) is 2. The number of aryl methyl sites for hydroxylation is 1. The van der Waals surface area contributed by atoms with E-state index in [4.69, 9.17) is 37.7 Å². The number of likely N-dealkylation sites (tertiary alicyclic amines) is 2. The Morgan fingerprint density at radius 3 is 2.51 bits per heavy atom. The van der Waals surface area contributed by atoms with Gasteiger partial charge in [0.25, 0.3) is 0 Å². The molecule has 0 radical (unpaired) electrons. The number of amides is 1. The zero-order valence-corrected chi connectivity index (χ0v) is 30.7. The summed E-state index contributed by atoms with van der Waals surface area (Å²) < 4.78 is 13.4. The number of benzene rings is 2. The molecule has 1 amide bonds. The van der Waals surface area contributed by atoms with Crippen LogP contribution >= 0.6 is 23.2 Å². The van der Waals surface area contributed by atoms with Crippen LogP contribution in [0.4, 0.5) is 0 Å². The molecule has 3 aromatic heterocycles. The number of aromatic nitrogens is 3. The zero-order valence-electron chi connectivity index (χ0n) is 29.2. The van der Waals surface area contributed by atoms with Crippen LogP contribution in [0.15, 0.2) is 67.0 Å². The molecule has 3 aliphatic rings. The van der Waals surface area contributed by atoms with E-state index in [0.29, 0.717) is 21.8 Å². The van der Waals surface area contributed by atoms with Gasteiger partial charge in [0, 0.05) is 124 Å². The molecule has 11 heteroatoms. The third-order valence-electron chi connectivity index (χ3n) is 10.7. The van der Waals surface area contributed by atoms with Crippen LogP contribution in [0, 0.1) is 5.41 Å². The van der Waals surface area contributed by atoms with E-state index in [2.05, 4.69) is 44.2 Å². The van der Waals surface area contributed by atoms with E-state index in [0.717, 1.165) is 116 Å². The van der Waals surface area contributed by atoms with E-state index in [9.17, 15) is 4.79 Å². The Labute approximate surface area is 308 Å². The Balaban J connectivity index is 1.02. The molecule has 3 aliphatic heterocycles. The molecule has 6 heterocycles. The normalized spacial score (nSPS) is 17.5. The molecule has 0 saturated carbocycles. The highest BCUT2D eigenvalue weighted by Gasteiger charge is 2.52. The van der Waals surface area contributed by atoms with Gasteiger partial charge in [-0.1, -0.05) is 53.5 Å². The lowest BCUT2D eigenvalue weighted by atomic mass is 9.72. The zero-order chi connectivity index (χ0) is 35.3. The second kappa shape index (κ2) is 13.9. The predicted molar refractivity (Wildman–Crippen MR) is 202 cm³/mol. The number of methoxy groups -OCH3 is 1. The molecule has 9 nitrogen and oxygen atoms in total. The van der Waals surface area contributed by atoms with Crippen molar-refractivity contribution in [3.8, 4) is 39.4 Å². The van der Waals surface area contributed by atoms with Gasteiger partial charge in [-0.25, -0.2) is 4.98 Å². The van der Waals surface area contributed by atoms with Crippen LogP contribution in [0.2, 0.25) is 10.0 Å². The molecular weight excluding hydrogens is 683 g/mol. The molecule has 264 valence electrons. The summed E-state index contributed by atoms with van der Waals surface area (Å²) in [5, 5.41) is 5.93. The maximum atomic E-state index is 11.6. The summed E-state index contributed by atoms with van der Waals surface area (Å²) in [4.78, 5) is 25.7. The van der Waals surface area contributed by atoms with E-state index in [1.807, 2.05) is 48.3 Å². The summed E-state index contributed by atoms with van der Waals surface area (Å²) >= 11 is 14.3. The van der Waals surface area contributed by atoms with E-state index in [1.54, 1.807) is 20.2 Å². The number of hydrogen-bond donors (Lipinski definition) is 1. The van der Waals surface area contributed by atoms with Crippen molar-refractivity contribution in [3.63, 3.8) is 0 Å². The van der Waals surface area contributed by atoms with Crippen molar-refractivity contribution in [1.29, 1.82) is 0 Å². The summed E-state index contributed by atoms with van der Waals surface area (Å²) in [5.41, 5.74) is 8.26. The first-order valence-corrected chi connectivity index (χ1v) is 18.3. The molecule has 8 rings (SSSR count). The maximum Gasteiger partial charge on any atom is 0.219 e. The van der Waals surface area contributed by atoms with Gasteiger partial charge in [-0.3, -0.25) is 14.7 Å². The first-order valence-electron chi connectivity index (χ1n) is 17.6. The summed E-state index contributed by atoms with van der Waals surface area (Å²) in [6.07, 6.45) is 6.00. The second-order valence-electron chi connectivity index (χ2n) is 14.3. The lowest BCUT2D eigenvalue weighted by Crippen LogP contribution is -2.72. The minimum absolute atomic E-state index is 0.160. The number of nitrogens with one attached hydrogen (secondary N) is 1. The van der Waals surface area contributed by atoms with Gasteiger partial charge >= 0.3 is 0 Å². The lowest BCUT2D eigenvalue weighted by Gasteiger charge is -2.60. The maximum absolute atomic E-state index is 11.6. The SMILES string of the molecule is COc1cc(-c2nccc(-c3cccc(-c4ccc5c(CNC6CCOCC6)cn(C)c5n4)c3Cl)c2Cl)ccc1CN1CC2(C1)CN(C(C)=O)C2. The highest BCUT2D eigenvalue weighted by atomic mass is 35.5. The molecular formula is C40H42Cl2N6O3. The number of carbonyl (C=O) groups is 1. The Kier molecular flexibility index (Phi) is 9.27. The Morgan fingerprint density at radius 1 is 0.980 bits per heavy atom. The van der Waals surface area contributed by atoms with E-state index < -0.39 is 0 Å².